The van der Waals surface area contributed by atoms with Crippen LogP contribution >= 0.6 is 0 Å². The molecule has 1 rings (SSSR count). The van der Waals surface area contributed by atoms with Crippen molar-refractivity contribution in [1.29, 1.82) is 0 Å². The number of benzene rings is 1. The molecule has 0 amide bonds. The molecular formula is C15H23NO. The minimum atomic E-state index is 0.329. The van der Waals surface area contributed by atoms with Gasteiger partial charge in [-0.2, -0.15) is 0 Å². The lowest BCUT2D eigenvalue weighted by Gasteiger charge is -2.17. The first-order valence-corrected chi connectivity index (χ1v) is 6.35. The summed E-state index contributed by atoms with van der Waals surface area (Å²) < 4.78 is 5.82. The Morgan fingerprint density at radius 1 is 1.41 bits per heavy atom. The van der Waals surface area contributed by atoms with E-state index >= 15 is 0 Å². The molecule has 2 nitrogen and oxygen atoms in total. The van der Waals surface area contributed by atoms with Crippen LogP contribution < -0.4 is 10.1 Å². The van der Waals surface area contributed by atoms with Gasteiger partial charge in [0, 0.05) is 11.6 Å². The lowest BCUT2D eigenvalue weighted by Crippen LogP contribution is -2.18. The molecular weight excluding hydrogens is 210 g/mol. The highest BCUT2D eigenvalue weighted by Crippen LogP contribution is 2.24. The molecule has 0 heterocycles. The number of hydrogen-bond donors (Lipinski definition) is 1. The Balaban J connectivity index is 2.60. The average molecular weight is 233 g/mol. The van der Waals surface area contributed by atoms with Crippen LogP contribution in [0, 0.1) is 0 Å². The number of allylic oxidation sites excluding steroid dienone is 1. The number of unbranched alkanes of at least 4 members (excludes halogenated alkanes) is 1. The molecule has 0 bridgehead atoms. The van der Waals surface area contributed by atoms with Crippen LogP contribution in [0.25, 0.3) is 0 Å². The van der Waals surface area contributed by atoms with E-state index in [0.717, 1.165) is 31.7 Å². The Bertz CT molecular complexity index is 335. The normalized spacial score (nSPS) is 12.1. The molecule has 0 aliphatic carbocycles. The van der Waals surface area contributed by atoms with Gasteiger partial charge in [0.15, 0.2) is 0 Å². The maximum Gasteiger partial charge on any atom is 0.124 e. The fraction of sp³-hybridized carbons (Fsp3) is 0.467. The second-order valence-electron chi connectivity index (χ2n) is 4.10. The summed E-state index contributed by atoms with van der Waals surface area (Å²) in [5.74, 6) is 0.991. The van der Waals surface area contributed by atoms with Crippen molar-refractivity contribution in [3.63, 3.8) is 0 Å². The first kappa shape index (κ1) is 13.8. The van der Waals surface area contributed by atoms with Gasteiger partial charge in [0.25, 0.3) is 0 Å². The van der Waals surface area contributed by atoms with Crippen molar-refractivity contribution in [2.75, 3.05) is 13.2 Å². The third-order valence-electron chi connectivity index (χ3n) is 2.71. The second-order valence-corrected chi connectivity index (χ2v) is 4.10. The van der Waals surface area contributed by atoms with Crippen LogP contribution in [0.1, 0.15) is 38.3 Å². The Hall–Kier alpha value is -1.28. The lowest BCUT2D eigenvalue weighted by atomic mass is 10.1. The van der Waals surface area contributed by atoms with Crippen molar-refractivity contribution in [2.24, 2.45) is 0 Å². The summed E-state index contributed by atoms with van der Waals surface area (Å²) in [5.41, 5.74) is 1.23. The fourth-order valence-electron chi connectivity index (χ4n) is 1.80. The molecule has 0 aliphatic rings. The van der Waals surface area contributed by atoms with E-state index in [1.807, 2.05) is 18.2 Å². The van der Waals surface area contributed by atoms with Gasteiger partial charge in [0.2, 0.25) is 0 Å². The molecule has 0 aromatic heterocycles. The zero-order valence-corrected chi connectivity index (χ0v) is 10.9. The Labute approximate surface area is 105 Å². The molecule has 0 fully saturated rings. The molecule has 17 heavy (non-hydrogen) atoms. The molecule has 0 radical (unpaired) electrons. The zero-order valence-electron chi connectivity index (χ0n) is 10.9. The van der Waals surface area contributed by atoms with Crippen LogP contribution in [0.15, 0.2) is 36.9 Å². The Kier molecular flexibility index (Phi) is 6.41. The van der Waals surface area contributed by atoms with Gasteiger partial charge in [0.05, 0.1) is 6.61 Å². The third-order valence-corrected chi connectivity index (χ3v) is 2.71. The molecule has 0 spiro atoms. The van der Waals surface area contributed by atoms with Crippen molar-refractivity contribution < 1.29 is 4.74 Å². The van der Waals surface area contributed by atoms with Gasteiger partial charge in [-0.3, -0.25) is 0 Å². The Morgan fingerprint density at radius 2 is 2.18 bits per heavy atom. The largest absolute Gasteiger partial charge is 0.493 e. The predicted molar refractivity (Wildman–Crippen MR) is 73.5 cm³/mol. The first-order chi connectivity index (χ1) is 8.29. The van der Waals surface area contributed by atoms with E-state index < -0.39 is 0 Å². The molecule has 0 aliphatic heterocycles. The van der Waals surface area contributed by atoms with E-state index in [1.165, 1.54) is 5.56 Å². The molecule has 0 saturated heterocycles. The zero-order chi connectivity index (χ0) is 12.5. The minimum Gasteiger partial charge on any atom is -0.493 e. The van der Waals surface area contributed by atoms with Crippen molar-refractivity contribution in [3.8, 4) is 5.75 Å². The van der Waals surface area contributed by atoms with Gasteiger partial charge in [-0.15, -0.1) is 6.58 Å². The van der Waals surface area contributed by atoms with Crippen LogP contribution in [0.2, 0.25) is 0 Å². The summed E-state index contributed by atoms with van der Waals surface area (Å²) >= 11 is 0. The molecule has 0 saturated carbocycles. The highest BCUT2D eigenvalue weighted by atomic mass is 16.5. The highest BCUT2D eigenvalue weighted by Gasteiger charge is 2.09. The molecule has 2 heteroatoms. The summed E-state index contributed by atoms with van der Waals surface area (Å²) in [6.07, 6.45) is 3.95. The molecule has 94 valence electrons. The SMILES string of the molecule is C=CCCCOc1ccccc1C(C)NCC. The smallest absolute Gasteiger partial charge is 0.124 e. The highest BCUT2D eigenvalue weighted by molar-refractivity contribution is 5.35. The van der Waals surface area contributed by atoms with Crippen LogP contribution in [0.4, 0.5) is 0 Å². The third kappa shape index (κ3) is 4.61. The summed E-state index contributed by atoms with van der Waals surface area (Å²) in [7, 11) is 0. The molecule has 1 N–H and O–H groups in total. The van der Waals surface area contributed by atoms with E-state index in [1.54, 1.807) is 0 Å². The van der Waals surface area contributed by atoms with Gasteiger partial charge in [0.1, 0.15) is 5.75 Å². The quantitative estimate of drug-likeness (QED) is 0.546. The fourth-order valence-corrected chi connectivity index (χ4v) is 1.80. The van der Waals surface area contributed by atoms with Crippen LogP contribution in [0.3, 0.4) is 0 Å². The van der Waals surface area contributed by atoms with Gasteiger partial charge in [-0.25, -0.2) is 0 Å². The van der Waals surface area contributed by atoms with Crippen molar-refractivity contribution in [1.82, 2.24) is 5.32 Å². The molecule has 1 aromatic rings. The van der Waals surface area contributed by atoms with E-state index in [2.05, 4.69) is 37.9 Å². The summed E-state index contributed by atoms with van der Waals surface area (Å²) in [6.45, 7) is 9.70. The van der Waals surface area contributed by atoms with Gasteiger partial charge >= 0.3 is 0 Å². The predicted octanol–water partition coefficient (Wildman–Crippen LogP) is 3.70. The van der Waals surface area contributed by atoms with E-state index in [9.17, 15) is 0 Å². The maximum absolute atomic E-state index is 5.82. The number of ether oxygens (including phenoxy) is 1. The summed E-state index contributed by atoms with van der Waals surface area (Å²) in [5, 5.41) is 3.41. The van der Waals surface area contributed by atoms with Crippen molar-refractivity contribution in [3.05, 3.63) is 42.5 Å². The average Bonchev–Trinajstić information content (AvgIpc) is 2.35. The number of nitrogens with one attached hydrogen (secondary N) is 1. The van der Waals surface area contributed by atoms with Crippen LogP contribution in [-0.4, -0.2) is 13.2 Å². The molecule has 1 atom stereocenters. The second kappa shape index (κ2) is 7.91. The van der Waals surface area contributed by atoms with E-state index in [-0.39, 0.29) is 0 Å². The standard InChI is InChI=1S/C15H23NO/c1-4-6-9-12-17-15-11-8-7-10-14(15)13(3)16-5-2/h4,7-8,10-11,13,16H,1,5-6,9,12H2,2-3H3. The van der Waals surface area contributed by atoms with Gasteiger partial charge < -0.3 is 10.1 Å². The van der Waals surface area contributed by atoms with Gasteiger partial charge in [-0.1, -0.05) is 31.2 Å². The monoisotopic (exact) mass is 233 g/mol. The maximum atomic E-state index is 5.82. The number of para-hydroxylation sites is 1. The van der Waals surface area contributed by atoms with Crippen LogP contribution in [-0.2, 0) is 0 Å². The van der Waals surface area contributed by atoms with Crippen molar-refractivity contribution in [2.45, 2.75) is 32.7 Å². The van der Waals surface area contributed by atoms with E-state index in [0.29, 0.717) is 6.04 Å². The number of hydrogen-bond acceptors (Lipinski definition) is 2. The first-order valence-electron chi connectivity index (χ1n) is 6.35. The molecule has 1 aromatic carbocycles. The van der Waals surface area contributed by atoms with Crippen LogP contribution in [0.5, 0.6) is 5.75 Å². The van der Waals surface area contributed by atoms with Crippen molar-refractivity contribution >= 4 is 0 Å². The van der Waals surface area contributed by atoms with Gasteiger partial charge in [-0.05, 0) is 32.4 Å². The number of rotatable bonds is 8. The lowest BCUT2D eigenvalue weighted by molar-refractivity contribution is 0.306. The summed E-state index contributed by atoms with van der Waals surface area (Å²) in [4.78, 5) is 0. The Morgan fingerprint density at radius 3 is 2.88 bits per heavy atom. The summed E-state index contributed by atoms with van der Waals surface area (Å²) in [6, 6.07) is 8.56. The minimum absolute atomic E-state index is 0.329. The van der Waals surface area contributed by atoms with E-state index in [4.69, 9.17) is 4.74 Å². The topological polar surface area (TPSA) is 21.3 Å². The molecule has 1 unspecified atom stereocenters.